The van der Waals surface area contributed by atoms with Gasteiger partial charge in [0, 0.05) is 26.0 Å². The third-order valence-corrected chi connectivity index (χ3v) is 8.24. The molecule has 3 fully saturated rings. The van der Waals surface area contributed by atoms with E-state index in [1.807, 2.05) is 0 Å². The molecule has 5 atom stereocenters. The van der Waals surface area contributed by atoms with E-state index in [4.69, 9.17) is 18.9 Å². The molecule has 6 nitrogen and oxygen atoms in total. The maximum atomic E-state index is 12.1. The van der Waals surface area contributed by atoms with Gasteiger partial charge < -0.3 is 24.3 Å². The summed E-state index contributed by atoms with van der Waals surface area (Å²) in [5.41, 5.74) is 1.28. The van der Waals surface area contributed by atoms with Crippen LogP contribution in [0, 0.1) is 22.7 Å². The van der Waals surface area contributed by atoms with Crippen LogP contribution < -0.4 is 19.5 Å². The lowest BCUT2D eigenvalue weighted by atomic mass is 9.59. The molecule has 164 valence electrons. The fourth-order valence-electron chi connectivity index (χ4n) is 6.90. The molecule has 2 saturated carbocycles. The molecule has 5 rings (SSSR count). The highest BCUT2D eigenvalue weighted by atomic mass is 16.5. The highest BCUT2D eigenvalue weighted by Gasteiger charge is 2.68. The number of rotatable bonds is 3. The first-order chi connectivity index (χ1) is 14.4. The van der Waals surface area contributed by atoms with Crippen LogP contribution in [0.2, 0.25) is 0 Å². The standard InChI is InChI=1S/C24H33NO5/c1-14(26)25-22-23(2,3)16-12-17-20(30-9-6-24(17,22)13-16)15-10-18(27-4)21-19(11-15)28-7-5-8-29-21/h10-11,16-17,20,22H,5-9,12-13H2,1-4H3,(H,25,26)/t16-,17-,20-,22-,24-/m1/s1. The summed E-state index contributed by atoms with van der Waals surface area (Å²) in [4.78, 5) is 12.1. The number of carbonyl (C=O) groups is 1. The average Bonchev–Trinajstić information content (AvgIpc) is 3.07. The van der Waals surface area contributed by atoms with Gasteiger partial charge in [-0.1, -0.05) is 13.8 Å². The second-order valence-electron chi connectivity index (χ2n) is 10.1. The van der Waals surface area contributed by atoms with Gasteiger partial charge in [-0.15, -0.1) is 0 Å². The smallest absolute Gasteiger partial charge is 0.217 e. The Hall–Kier alpha value is -1.95. The van der Waals surface area contributed by atoms with Gasteiger partial charge in [-0.25, -0.2) is 0 Å². The Balaban J connectivity index is 1.53. The summed E-state index contributed by atoms with van der Waals surface area (Å²) in [6, 6.07) is 4.32. The van der Waals surface area contributed by atoms with Crippen LogP contribution in [0.4, 0.5) is 0 Å². The molecule has 1 aromatic carbocycles. The second-order valence-corrected chi connectivity index (χ2v) is 10.1. The molecule has 1 amide bonds. The Morgan fingerprint density at radius 2 is 2.00 bits per heavy atom. The number of hydrogen-bond acceptors (Lipinski definition) is 5. The lowest BCUT2D eigenvalue weighted by Gasteiger charge is -2.53. The van der Waals surface area contributed by atoms with Crippen LogP contribution in [0.15, 0.2) is 12.1 Å². The Morgan fingerprint density at radius 3 is 2.77 bits per heavy atom. The van der Waals surface area contributed by atoms with Crippen molar-refractivity contribution in [3.63, 3.8) is 0 Å². The van der Waals surface area contributed by atoms with E-state index in [1.54, 1.807) is 14.0 Å². The summed E-state index contributed by atoms with van der Waals surface area (Å²) in [5.74, 6) is 3.16. The topological polar surface area (TPSA) is 66.0 Å². The van der Waals surface area contributed by atoms with Crippen molar-refractivity contribution in [2.75, 3.05) is 26.9 Å². The Kier molecular flexibility index (Phi) is 4.69. The van der Waals surface area contributed by atoms with Crippen molar-refractivity contribution in [1.29, 1.82) is 0 Å². The van der Waals surface area contributed by atoms with Gasteiger partial charge in [0.1, 0.15) is 0 Å². The van der Waals surface area contributed by atoms with Crippen LogP contribution in [0.3, 0.4) is 0 Å². The van der Waals surface area contributed by atoms with Gasteiger partial charge in [0.05, 0.1) is 26.4 Å². The van der Waals surface area contributed by atoms with E-state index in [0.29, 0.717) is 43.2 Å². The molecule has 0 radical (unpaired) electrons. The van der Waals surface area contributed by atoms with E-state index in [-0.39, 0.29) is 28.9 Å². The van der Waals surface area contributed by atoms with Crippen LogP contribution in [-0.2, 0) is 9.53 Å². The molecule has 2 bridgehead atoms. The molecule has 30 heavy (non-hydrogen) atoms. The van der Waals surface area contributed by atoms with E-state index in [0.717, 1.165) is 37.0 Å². The minimum Gasteiger partial charge on any atom is -0.493 e. The maximum absolute atomic E-state index is 12.1. The molecule has 2 aliphatic carbocycles. The molecule has 1 aromatic rings. The summed E-state index contributed by atoms with van der Waals surface area (Å²) >= 11 is 0. The van der Waals surface area contributed by atoms with Crippen LogP contribution in [0.1, 0.15) is 58.1 Å². The highest BCUT2D eigenvalue weighted by molar-refractivity contribution is 5.73. The zero-order valence-electron chi connectivity index (χ0n) is 18.5. The predicted octanol–water partition coefficient (Wildman–Crippen LogP) is 3.88. The zero-order valence-corrected chi connectivity index (χ0v) is 18.5. The van der Waals surface area contributed by atoms with Gasteiger partial charge >= 0.3 is 0 Å². The number of methoxy groups -OCH3 is 1. The molecule has 2 heterocycles. The predicted molar refractivity (Wildman–Crippen MR) is 112 cm³/mol. The number of ether oxygens (including phenoxy) is 4. The summed E-state index contributed by atoms with van der Waals surface area (Å²) in [6.07, 6.45) is 4.12. The van der Waals surface area contributed by atoms with E-state index in [2.05, 4.69) is 31.3 Å². The molecular formula is C24H33NO5. The third kappa shape index (κ3) is 2.83. The van der Waals surface area contributed by atoms with Gasteiger partial charge in [-0.2, -0.15) is 0 Å². The number of hydrogen-bond donors (Lipinski definition) is 1. The number of nitrogens with one attached hydrogen (secondary N) is 1. The number of carbonyl (C=O) groups excluding carboxylic acids is 1. The zero-order chi connectivity index (χ0) is 21.1. The molecule has 1 saturated heterocycles. The SMILES string of the molecule is COc1cc([C@H]2OCC[C@@]34C[C@@H](C[C@H]23)C(C)(C)[C@H]4NC(C)=O)cc2c1OCCCO2. The van der Waals surface area contributed by atoms with Crippen LogP contribution in [-0.4, -0.2) is 38.9 Å². The van der Waals surface area contributed by atoms with Gasteiger partial charge in [-0.05, 0) is 59.6 Å². The lowest BCUT2D eigenvalue weighted by Crippen LogP contribution is -2.58. The molecular weight excluding hydrogens is 382 g/mol. The maximum Gasteiger partial charge on any atom is 0.217 e. The molecule has 6 heteroatoms. The third-order valence-electron chi connectivity index (χ3n) is 8.24. The van der Waals surface area contributed by atoms with Gasteiger partial charge in [0.15, 0.2) is 11.5 Å². The Bertz CT molecular complexity index is 852. The minimum absolute atomic E-state index is 0.0258. The van der Waals surface area contributed by atoms with E-state index < -0.39 is 0 Å². The molecule has 4 aliphatic rings. The first-order valence-corrected chi connectivity index (χ1v) is 11.2. The largest absolute Gasteiger partial charge is 0.493 e. The first-order valence-electron chi connectivity index (χ1n) is 11.2. The van der Waals surface area contributed by atoms with Crippen molar-refractivity contribution in [3.05, 3.63) is 17.7 Å². The molecule has 1 N–H and O–H groups in total. The van der Waals surface area contributed by atoms with Crippen molar-refractivity contribution in [3.8, 4) is 17.2 Å². The van der Waals surface area contributed by atoms with Crippen molar-refractivity contribution >= 4 is 5.91 Å². The summed E-state index contributed by atoms with van der Waals surface area (Å²) in [6.45, 7) is 8.26. The van der Waals surface area contributed by atoms with Crippen molar-refractivity contribution in [1.82, 2.24) is 5.32 Å². The van der Waals surface area contributed by atoms with Crippen molar-refractivity contribution < 1.29 is 23.7 Å². The van der Waals surface area contributed by atoms with Crippen molar-refractivity contribution in [2.45, 2.75) is 58.6 Å². The Labute approximate surface area is 178 Å². The average molecular weight is 416 g/mol. The van der Waals surface area contributed by atoms with E-state index >= 15 is 0 Å². The van der Waals surface area contributed by atoms with E-state index in [9.17, 15) is 4.79 Å². The molecule has 1 spiro atoms. The molecule has 2 aliphatic heterocycles. The fraction of sp³-hybridized carbons (Fsp3) is 0.708. The van der Waals surface area contributed by atoms with Gasteiger partial charge in [-0.3, -0.25) is 4.79 Å². The monoisotopic (exact) mass is 415 g/mol. The fourth-order valence-corrected chi connectivity index (χ4v) is 6.90. The van der Waals surface area contributed by atoms with Gasteiger partial charge in [0.2, 0.25) is 11.7 Å². The molecule has 0 aromatic heterocycles. The summed E-state index contributed by atoms with van der Waals surface area (Å²) < 4.78 is 23.9. The summed E-state index contributed by atoms with van der Waals surface area (Å²) in [5, 5.41) is 3.34. The van der Waals surface area contributed by atoms with Crippen molar-refractivity contribution in [2.24, 2.45) is 22.7 Å². The number of amides is 1. The summed E-state index contributed by atoms with van der Waals surface area (Å²) in [7, 11) is 1.67. The quantitative estimate of drug-likeness (QED) is 0.812. The minimum atomic E-state index is -0.0258. The second kappa shape index (κ2) is 7.04. The van der Waals surface area contributed by atoms with Crippen LogP contribution >= 0.6 is 0 Å². The normalized spacial score (nSPS) is 36.0. The van der Waals surface area contributed by atoms with E-state index in [1.165, 1.54) is 0 Å². The first kappa shape index (κ1) is 20.0. The van der Waals surface area contributed by atoms with Crippen LogP contribution in [0.25, 0.3) is 0 Å². The van der Waals surface area contributed by atoms with Crippen LogP contribution in [0.5, 0.6) is 17.2 Å². The lowest BCUT2D eigenvalue weighted by molar-refractivity contribution is -0.136. The molecule has 0 unspecified atom stereocenters. The number of fused-ring (bicyclic) bond motifs is 2. The number of benzene rings is 1. The van der Waals surface area contributed by atoms with Gasteiger partial charge in [0.25, 0.3) is 0 Å². The Morgan fingerprint density at radius 1 is 1.20 bits per heavy atom. The highest BCUT2D eigenvalue weighted by Crippen LogP contribution is 2.70.